The van der Waals surface area contributed by atoms with Crippen LogP contribution in [0.1, 0.15) is 5.56 Å². The third kappa shape index (κ3) is 2.48. The van der Waals surface area contributed by atoms with Crippen molar-refractivity contribution in [2.24, 2.45) is 0 Å². The summed E-state index contributed by atoms with van der Waals surface area (Å²) in [7, 11) is 0. The molecule has 0 unspecified atom stereocenters. The Morgan fingerprint density at radius 3 is 2.42 bits per heavy atom. The number of benzene rings is 1. The minimum Gasteiger partial charge on any atom is -0.872 e. The van der Waals surface area contributed by atoms with Gasteiger partial charge < -0.3 is 5.11 Å². The molecule has 0 N–H and O–H groups in total. The fraction of sp³-hybridized carbons (Fsp3) is 0.143. The van der Waals surface area contributed by atoms with Crippen LogP contribution in [-0.4, -0.2) is 4.92 Å². The molecular formula is C7H6NNaO3. The van der Waals surface area contributed by atoms with E-state index in [4.69, 9.17) is 0 Å². The minimum absolute atomic E-state index is 0. The third-order valence-electron chi connectivity index (χ3n) is 1.37. The van der Waals surface area contributed by atoms with E-state index in [9.17, 15) is 15.2 Å². The smallest absolute Gasteiger partial charge is 0.872 e. The zero-order valence-electron chi connectivity index (χ0n) is 6.90. The van der Waals surface area contributed by atoms with Crippen LogP contribution in [0, 0.1) is 17.0 Å². The van der Waals surface area contributed by atoms with Crippen LogP contribution >= 0.6 is 0 Å². The van der Waals surface area contributed by atoms with Crippen molar-refractivity contribution in [3.63, 3.8) is 0 Å². The molecule has 12 heavy (non-hydrogen) atoms. The molecule has 0 heterocycles. The van der Waals surface area contributed by atoms with E-state index in [0.717, 1.165) is 0 Å². The van der Waals surface area contributed by atoms with Gasteiger partial charge in [0.05, 0.1) is 4.92 Å². The van der Waals surface area contributed by atoms with Gasteiger partial charge in [-0.15, -0.1) is 5.75 Å². The molecule has 0 fully saturated rings. The first-order valence-corrected chi connectivity index (χ1v) is 3.03. The van der Waals surface area contributed by atoms with E-state index in [1.54, 1.807) is 6.92 Å². The Bertz CT molecular complexity index is 301. The molecule has 1 rings (SSSR count). The van der Waals surface area contributed by atoms with Gasteiger partial charge in [0.1, 0.15) is 0 Å². The Balaban J connectivity index is 0.00000121. The van der Waals surface area contributed by atoms with E-state index in [-0.39, 0.29) is 41.0 Å². The molecule has 0 aliphatic rings. The van der Waals surface area contributed by atoms with Gasteiger partial charge in [-0.3, -0.25) is 10.1 Å². The predicted octanol–water partition coefficient (Wildman–Crippen LogP) is -2.02. The van der Waals surface area contributed by atoms with E-state index in [0.29, 0.717) is 5.56 Å². The van der Waals surface area contributed by atoms with Crippen LogP contribution in [0.3, 0.4) is 0 Å². The first-order chi connectivity index (χ1) is 5.11. The molecule has 0 bridgehead atoms. The summed E-state index contributed by atoms with van der Waals surface area (Å²) in [5, 5.41) is 20.9. The maximum absolute atomic E-state index is 10.8. The van der Waals surface area contributed by atoms with E-state index < -0.39 is 4.92 Å². The van der Waals surface area contributed by atoms with Gasteiger partial charge in [0, 0.05) is 12.1 Å². The SMILES string of the molecule is Cc1cc([N+](=O)[O-])ccc1[O-].[Na+]. The van der Waals surface area contributed by atoms with Crippen molar-refractivity contribution in [2.45, 2.75) is 6.92 Å². The van der Waals surface area contributed by atoms with E-state index >= 15 is 0 Å². The van der Waals surface area contributed by atoms with Gasteiger partial charge in [-0.25, -0.2) is 0 Å². The van der Waals surface area contributed by atoms with Gasteiger partial charge in [0.2, 0.25) is 0 Å². The number of hydrogen-bond acceptors (Lipinski definition) is 3. The zero-order chi connectivity index (χ0) is 8.43. The summed E-state index contributed by atoms with van der Waals surface area (Å²) in [5.41, 5.74) is 0.362. The second kappa shape index (κ2) is 4.45. The normalized spacial score (nSPS) is 8.75. The molecule has 5 heteroatoms. The predicted molar refractivity (Wildman–Crippen MR) is 37.3 cm³/mol. The number of non-ortho nitro benzene ring substituents is 1. The van der Waals surface area contributed by atoms with Crippen molar-refractivity contribution >= 4 is 5.69 Å². The molecule has 0 spiro atoms. The average molecular weight is 175 g/mol. The Kier molecular flexibility index (Phi) is 4.23. The molecule has 0 radical (unpaired) electrons. The Morgan fingerprint density at radius 2 is 2.00 bits per heavy atom. The van der Waals surface area contributed by atoms with Gasteiger partial charge in [0.25, 0.3) is 5.69 Å². The summed E-state index contributed by atoms with van der Waals surface area (Å²) in [5.74, 6) is -0.171. The molecule has 4 nitrogen and oxygen atoms in total. The van der Waals surface area contributed by atoms with Crippen molar-refractivity contribution < 1.29 is 39.6 Å². The van der Waals surface area contributed by atoms with Crippen molar-refractivity contribution in [3.05, 3.63) is 33.9 Å². The summed E-state index contributed by atoms with van der Waals surface area (Å²) in [6.45, 7) is 1.55. The average Bonchev–Trinajstić information content (AvgIpc) is 1.94. The quantitative estimate of drug-likeness (QED) is 0.281. The van der Waals surface area contributed by atoms with Crippen molar-refractivity contribution in [3.8, 4) is 5.75 Å². The van der Waals surface area contributed by atoms with Crippen molar-refractivity contribution in [2.75, 3.05) is 0 Å². The molecule has 0 saturated heterocycles. The van der Waals surface area contributed by atoms with Gasteiger partial charge in [-0.2, -0.15) is 0 Å². The standard InChI is InChI=1S/C7H7NO3.Na/c1-5-4-6(8(10)11)2-3-7(5)9;/h2-4,9H,1H3;/q;+1/p-1. The second-order valence-corrected chi connectivity index (χ2v) is 2.21. The van der Waals surface area contributed by atoms with Gasteiger partial charge in [0.15, 0.2) is 0 Å². The first-order valence-electron chi connectivity index (χ1n) is 3.03. The van der Waals surface area contributed by atoms with Gasteiger partial charge >= 0.3 is 29.6 Å². The molecule has 0 aromatic heterocycles. The topological polar surface area (TPSA) is 66.2 Å². The number of aryl methyl sites for hydroxylation is 1. The summed E-state index contributed by atoms with van der Waals surface area (Å²) < 4.78 is 0. The van der Waals surface area contributed by atoms with Crippen LogP contribution in [-0.2, 0) is 0 Å². The maximum atomic E-state index is 10.8. The van der Waals surface area contributed by atoms with E-state index in [1.165, 1.54) is 18.2 Å². The molecule has 0 saturated carbocycles. The minimum atomic E-state index is -0.521. The number of nitro benzene ring substituents is 1. The van der Waals surface area contributed by atoms with Crippen LogP contribution in [0.5, 0.6) is 5.75 Å². The Morgan fingerprint density at radius 1 is 1.42 bits per heavy atom. The summed E-state index contributed by atoms with van der Waals surface area (Å²) in [6.07, 6.45) is 0. The van der Waals surface area contributed by atoms with Crippen LogP contribution in [0.25, 0.3) is 0 Å². The van der Waals surface area contributed by atoms with Crippen LogP contribution in [0.2, 0.25) is 0 Å². The molecule has 0 aliphatic heterocycles. The molecular weight excluding hydrogens is 169 g/mol. The van der Waals surface area contributed by atoms with Crippen LogP contribution < -0.4 is 34.7 Å². The van der Waals surface area contributed by atoms with Gasteiger partial charge in [-0.05, 0) is 6.92 Å². The zero-order valence-corrected chi connectivity index (χ0v) is 8.90. The third-order valence-corrected chi connectivity index (χ3v) is 1.37. The van der Waals surface area contributed by atoms with Gasteiger partial charge in [-0.1, -0.05) is 11.6 Å². The van der Waals surface area contributed by atoms with Crippen molar-refractivity contribution in [1.29, 1.82) is 0 Å². The summed E-state index contributed by atoms with van der Waals surface area (Å²) in [4.78, 5) is 9.65. The first kappa shape index (κ1) is 11.4. The molecule has 0 amide bonds. The fourth-order valence-corrected chi connectivity index (χ4v) is 0.747. The number of nitrogens with zero attached hydrogens (tertiary/aromatic N) is 1. The van der Waals surface area contributed by atoms with Crippen LogP contribution in [0.4, 0.5) is 5.69 Å². The molecule has 0 atom stereocenters. The number of rotatable bonds is 1. The number of hydrogen-bond donors (Lipinski definition) is 0. The summed E-state index contributed by atoms with van der Waals surface area (Å²) >= 11 is 0. The second-order valence-electron chi connectivity index (χ2n) is 2.21. The molecule has 1 aromatic carbocycles. The summed E-state index contributed by atoms with van der Waals surface area (Å²) in [6, 6.07) is 3.67. The largest absolute Gasteiger partial charge is 1.00 e. The monoisotopic (exact) mass is 175 g/mol. The molecule has 0 aliphatic carbocycles. The van der Waals surface area contributed by atoms with Crippen LogP contribution in [0.15, 0.2) is 18.2 Å². The number of nitro groups is 1. The molecule has 1 aromatic rings. The van der Waals surface area contributed by atoms with E-state index in [2.05, 4.69) is 0 Å². The van der Waals surface area contributed by atoms with E-state index in [1.807, 2.05) is 0 Å². The van der Waals surface area contributed by atoms with Crippen molar-refractivity contribution in [1.82, 2.24) is 0 Å². The maximum Gasteiger partial charge on any atom is 1.00 e. The molecule has 58 valence electrons. The Labute approximate surface area is 91.7 Å². The fourth-order valence-electron chi connectivity index (χ4n) is 0.747. The Hall–Kier alpha value is -0.580.